The monoisotopic (exact) mass is 220 g/mol. The van der Waals surface area contributed by atoms with Crippen LogP contribution in [0.25, 0.3) is 0 Å². The van der Waals surface area contributed by atoms with Crippen LogP contribution < -0.4 is 11.1 Å². The molecule has 0 aliphatic heterocycles. The Morgan fingerprint density at radius 2 is 1.94 bits per heavy atom. The maximum atomic E-state index is 6.01. The van der Waals surface area contributed by atoms with E-state index in [0.29, 0.717) is 5.92 Å². The first-order chi connectivity index (χ1) is 7.52. The van der Waals surface area contributed by atoms with Gasteiger partial charge in [-0.25, -0.2) is 0 Å². The summed E-state index contributed by atoms with van der Waals surface area (Å²) in [4.78, 5) is 0. The Labute approximate surface area is 99.2 Å². The molecular weight excluding hydrogens is 196 g/mol. The van der Waals surface area contributed by atoms with Gasteiger partial charge in [-0.05, 0) is 42.9 Å². The standard InChI is InChI=1S/C14H24N2/c1-6-9(2)13-10(3)7-8-12(11(4)15)14(13)16-5/h7-9,11,16H,6,15H2,1-5H3. The van der Waals surface area contributed by atoms with E-state index in [9.17, 15) is 0 Å². The molecule has 0 aromatic heterocycles. The second-order valence-corrected chi connectivity index (χ2v) is 4.61. The fraction of sp³-hybridized carbons (Fsp3) is 0.571. The Bertz CT molecular complexity index is 356. The highest BCUT2D eigenvalue weighted by Crippen LogP contribution is 2.34. The van der Waals surface area contributed by atoms with E-state index in [2.05, 4.69) is 38.2 Å². The molecule has 2 nitrogen and oxygen atoms in total. The van der Waals surface area contributed by atoms with Crippen molar-refractivity contribution in [2.24, 2.45) is 5.73 Å². The van der Waals surface area contributed by atoms with Crippen molar-refractivity contribution in [3.8, 4) is 0 Å². The van der Waals surface area contributed by atoms with Gasteiger partial charge < -0.3 is 11.1 Å². The van der Waals surface area contributed by atoms with Gasteiger partial charge in [-0.3, -0.25) is 0 Å². The number of benzene rings is 1. The zero-order chi connectivity index (χ0) is 12.3. The summed E-state index contributed by atoms with van der Waals surface area (Å²) in [6.45, 7) is 8.70. The molecule has 0 amide bonds. The van der Waals surface area contributed by atoms with Gasteiger partial charge in [0.25, 0.3) is 0 Å². The van der Waals surface area contributed by atoms with Crippen LogP contribution in [0.2, 0.25) is 0 Å². The summed E-state index contributed by atoms with van der Waals surface area (Å²) < 4.78 is 0. The second-order valence-electron chi connectivity index (χ2n) is 4.61. The smallest absolute Gasteiger partial charge is 0.0423 e. The highest BCUT2D eigenvalue weighted by atomic mass is 14.8. The van der Waals surface area contributed by atoms with Crippen molar-refractivity contribution in [1.82, 2.24) is 0 Å². The minimum absolute atomic E-state index is 0.0749. The topological polar surface area (TPSA) is 38.0 Å². The van der Waals surface area contributed by atoms with Crippen LogP contribution in [0.4, 0.5) is 5.69 Å². The molecule has 16 heavy (non-hydrogen) atoms. The lowest BCUT2D eigenvalue weighted by Gasteiger charge is -2.22. The molecule has 1 aromatic rings. The van der Waals surface area contributed by atoms with E-state index in [1.807, 2.05) is 14.0 Å². The summed E-state index contributed by atoms with van der Waals surface area (Å²) in [6, 6.07) is 4.39. The highest BCUT2D eigenvalue weighted by molar-refractivity contribution is 5.62. The number of hydrogen-bond acceptors (Lipinski definition) is 2. The summed E-state index contributed by atoms with van der Waals surface area (Å²) in [5.41, 5.74) is 11.2. The molecule has 90 valence electrons. The van der Waals surface area contributed by atoms with E-state index in [1.165, 1.54) is 22.4 Å². The van der Waals surface area contributed by atoms with E-state index in [4.69, 9.17) is 5.73 Å². The maximum Gasteiger partial charge on any atom is 0.0423 e. The van der Waals surface area contributed by atoms with Gasteiger partial charge in [0.1, 0.15) is 0 Å². The molecule has 1 rings (SSSR count). The molecule has 0 radical (unpaired) electrons. The molecular formula is C14H24N2. The Hall–Kier alpha value is -1.02. The van der Waals surface area contributed by atoms with Crippen molar-refractivity contribution in [2.45, 2.75) is 46.1 Å². The first kappa shape index (κ1) is 13.0. The third kappa shape index (κ3) is 2.38. The van der Waals surface area contributed by atoms with Crippen molar-refractivity contribution in [3.63, 3.8) is 0 Å². The largest absolute Gasteiger partial charge is 0.388 e. The van der Waals surface area contributed by atoms with E-state index in [-0.39, 0.29) is 6.04 Å². The van der Waals surface area contributed by atoms with Gasteiger partial charge in [0.05, 0.1) is 0 Å². The molecule has 0 spiro atoms. The second kappa shape index (κ2) is 5.35. The first-order valence-corrected chi connectivity index (χ1v) is 6.09. The lowest BCUT2D eigenvalue weighted by atomic mass is 9.89. The number of nitrogens with one attached hydrogen (secondary N) is 1. The number of anilines is 1. The predicted molar refractivity (Wildman–Crippen MR) is 72.0 cm³/mol. The highest BCUT2D eigenvalue weighted by Gasteiger charge is 2.16. The van der Waals surface area contributed by atoms with Crippen molar-refractivity contribution in [2.75, 3.05) is 12.4 Å². The number of hydrogen-bond donors (Lipinski definition) is 2. The molecule has 2 atom stereocenters. The Balaban J connectivity index is 3.38. The minimum atomic E-state index is 0.0749. The molecule has 0 heterocycles. The van der Waals surface area contributed by atoms with Gasteiger partial charge in [0.15, 0.2) is 0 Å². The van der Waals surface area contributed by atoms with E-state index in [0.717, 1.165) is 6.42 Å². The van der Waals surface area contributed by atoms with Crippen LogP contribution in [0.5, 0.6) is 0 Å². The molecule has 0 fully saturated rings. The SMILES string of the molecule is CCC(C)c1c(C)ccc(C(C)N)c1NC. The summed E-state index contributed by atoms with van der Waals surface area (Å²) in [7, 11) is 1.98. The predicted octanol–water partition coefficient (Wildman–Crippen LogP) is 3.57. The summed E-state index contributed by atoms with van der Waals surface area (Å²) in [6.07, 6.45) is 1.15. The zero-order valence-corrected chi connectivity index (χ0v) is 11.1. The van der Waals surface area contributed by atoms with E-state index in [1.54, 1.807) is 0 Å². The van der Waals surface area contributed by atoms with Crippen molar-refractivity contribution < 1.29 is 0 Å². The van der Waals surface area contributed by atoms with Gasteiger partial charge in [-0.2, -0.15) is 0 Å². The Morgan fingerprint density at radius 1 is 1.31 bits per heavy atom. The molecule has 0 aliphatic rings. The quantitative estimate of drug-likeness (QED) is 0.814. The van der Waals surface area contributed by atoms with E-state index < -0.39 is 0 Å². The van der Waals surface area contributed by atoms with Gasteiger partial charge in [0, 0.05) is 18.8 Å². The Morgan fingerprint density at radius 3 is 2.38 bits per heavy atom. The minimum Gasteiger partial charge on any atom is -0.388 e. The van der Waals surface area contributed by atoms with Crippen molar-refractivity contribution >= 4 is 5.69 Å². The maximum absolute atomic E-state index is 6.01. The molecule has 2 heteroatoms. The average Bonchev–Trinajstić information content (AvgIpc) is 2.26. The van der Waals surface area contributed by atoms with Crippen molar-refractivity contribution in [1.29, 1.82) is 0 Å². The van der Waals surface area contributed by atoms with E-state index >= 15 is 0 Å². The van der Waals surface area contributed by atoms with Crippen LogP contribution in [0.15, 0.2) is 12.1 Å². The molecule has 0 bridgehead atoms. The van der Waals surface area contributed by atoms with Crippen LogP contribution in [-0.4, -0.2) is 7.05 Å². The average molecular weight is 220 g/mol. The summed E-state index contributed by atoms with van der Waals surface area (Å²) in [5.74, 6) is 0.571. The molecule has 2 unspecified atom stereocenters. The lowest BCUT2D eigenvalue weighted by Crippen LogP contribution is -2.12. The third-order valence-corrected chi connectivity index (χ3v) is 3.34. The van der Waals surface area contributed by atoms with Crippen LogP contribution >= 0.6 is 0 Å². The van der Waals surface area contributed by atoms with Gasteiger partial charge in [-0.1, -0.05) is 26.0 Å². The fourth-order valence-electron chi connectivity index (χ4n) is 2.24. The van der Waals surface area contributed by atoms with Gasteiger partial charge in [-0.15, -0.1) is 0 Å². The van der Waals surface area contributed by atoms with Crippen LogP contribution in [0, 0.1) is 6.92 Å². The fourth-order valence-corrected chi connectivity index (χ4v) is 2.24. The third-order valence-electron chi connectivity index (χ3n) is 3.34. The molecule has 0 saturated heterocycles. The number of rotatable bonds is 4. The molecule has 1 aromatic carbocycles. The van der Waals surface area contributed by atoms with Crippen LogP contribution in [-0.2, 0) is 0 Å². The van der Waals surface area contributed by atoms with Crippen molar-refractivity contribution in [3.05, 3.63) is 28.8 Å². The molecule has 0 saturated carbocycles. The van der Waals surface area contributed by atoms with Crippen LogP contribution in [0.3, 0.4) is 0 Å². The van der Waals surface area contributed by atoms with Gasteiger partial charge in [0.2, 0.25) is 0 Å². The normalized spacial score (nSPS) is 14.6. The van der Waals surface area contributed by atoms with Crippen LogP contribution in [0.1, 0.15) is 55.8 Å². The lowest BCUT2D eigenvalue weighted by molar-refractivity contribution is 0.724. The molecule has 3 N–H and O–H groups in total. The number of nitrogens with two attached hydrogens (primary N) is 1. The summed E-state index contributed by atoms with van der Waals surface area (Å²) >= 11 is 0. The summed E-state index contributed by atoms with van der Waals surface area (Å²) in [5, 5.41) is 3.32. The molecule has 0 aliphatic carbocycles. The number of aryl methyl sites for hydroxylation is 1. The first-order valence-electron chi connectivity index (χ1n) is 6.09. The van der Waals surface area contributed by atoms with Gasteiger partial charge >= 0.3 is 0 Å². The zero-order valence-electron chi connectivity index (χ0n) is 11.1. The Kier molecular flexibility index (Phi) is 4.36.